The zero-order valence-corrected chi connectivity index (χ0v) is 8.41. The monoisotopic (exact) mass is 173 g/mol. The van der Waals surface area contributed by atoms with Crippen LogP contribution in [0.1, 0.15) is 26.2 Å². The lowest BCUT2D eigenvalue weighted by Crippen LogP contribution is -2.29. The summed E-state index contributed by atoms with van der Waals surface area (Å²) in [6.07, 6.45) is 4.22. The first kappa shape index (κ1) is 9.40. The van der Waals surface area contributed by atoms with E-state index in [2.05, 4.69) is 31.1 Å². The molecule has 0 saturated heterocycles. The maximum atomic E-state index is 3.40. The molecule has 1 N–H and O–H groups in total. The van der Waals surface area contributed by atoms with Gasteiger partial charge in [-0.1, -0.05) is 6.92 Å². The van der Waals surface area contributed by atoms with Crippen LogP contribution in [0, 0.1) is 5.92 Å². The predicted molar refractivity (Wildman–Crippen MR) is 53.2 cm³/mol. The van der Waals surface area contributed by atoms with Crippen molar-refractivity contribution in [2.45, 2.75) is 32.2 Å². The summed E-state index contributed by atoms with van der Waals surface area (Å²) in [6.45, 7) is 2.25. The van der Waals surface area contributed by atoms with Crippen LogP contribution in [0.25, 0.3) is 0 Å². The third-order valence-corrected chi connectivity index (χ3v) is 3.50. The van der Waals surface area contributed by atoms with Crippen LogP contribution >= 0.6 is 11.8 Å². The fourth-order valence-corrected chi connectivity index (χ4v) is 2.46. The van der Waals surface area contributed by atoms with Gasteiger partial charge >= 0.3 is 0 Å². The van der Waals surface area contributed by atoms with E-state index in [4.69, 9.17) is 0 Å². The lowest BCUT2D eigenvalue weighted by atomic mass is 10.2. The highest BCUT2D eigenvalue weighted by molar-refractivity contribution is 7.99. The third-order valence-electron chi connectivity index (χ3n) is 2.21. The molecular formula is C9H19NS. The van der Waals surface area contributed by atoms with Gasteiger partial charge in [0.15, 0.2) is 0 Å². The summed E-state index contributed by atoms with van der Waals surface area (Å²) in [7, 11) is 2.09. The second-order valence-corrected chi connectivity index (χ2v) is 4.46. The van der Waals surface area contributed by atoms with E-state index in [1.807, 2.05) is 0 Å². The van der Waals surface area contributed by atoms with Crippen molar-refractivity contribution in [3.63, 3.8) is 0 Å². The Kier molecular flexibility index (Phi) is 4.31. The molecule has 1 atom stereocenters. The topological polar surface area (TPSA) is 12.0 Å². The summed E-state index contributed by atoms with van der Waals surface area (Å²) < 4.78 is 0. The number of thioether (sulfide) groups is 1. The summed E-state index contributed by atoms with van der Waals surface area (Å²) in [5.41, 5.74) is 0. The van der Waals surface area contributed by atoms with Gasteiger partial charge < -0.3 is 5.32 Å². The van der Waals surface area contributed by atoms with Gasteiger partial charge in [-0.25, -0.2) is 0 Å². The molecule has 2 heteroatoms. The van der Waals surface area contributed by atoms with Gasteiger partial charge in [0.2, 0.25) is 0 Å². The molecule has 0 unspecified atom stereocenters. The average Bonchev–Trinajstić information content (AvgIpc) is 2.81. The van der Waals surface area contributed by atoms with Gasteiger partial charge in [-0.05, 0) is 38.0 Å². The zero-order chi connectivity index (χ0) is 8.10. The van der Waals surface area contributed by atoms with E-state index in [1.54, 1.807) is 0 Å². The van der Waals surface area contributed by atoms with Crippen molar-refractivity contribution >= 4 is 11.8 Å². The largest absolute Gasteiger partial charge is 0.316 e. The molecule has 66 valence electrons. The molecular weight excluding hydrogens is 154 g/mol. The third kappa shape index (κ3) is 3.48. The van der Waals surface area contributed by atoms with Crippen LogP contribution < -0.4 is 5.32 Å². The molecule has 1 rings (SSSR count). The molecule has 1 nitrogen and oxygen atoms in total. The summed E-state index contributed by atoms with van der Waals surface area (Å²) in [4.78, 5) is 0. The van der Waals surface area contributed by atoms with Crippen molar-refractivity contribution in [1.82, 2.24) is 5.32 Å². The molecule has 0 aromatic carbocycles. The maximum absolute atomic E-state index is 3.40. The first-order valence-corrected chi connectivity index (χ1v) is 5.79. The van der Waals surface area contributed by atoms with Gasteiger partial charge in [0.25, 0.3) is 0 Å². The second kappa shape index (κ2) is 5.04. The van der Waals surface area contributed by atoms with E-state index >= 15 is 0 Å². The Morgan fingerprint density at radius 2 is 2.27 bits per heavy atom. The van der Waals surface area contributed by atoms with Gasteiger partial charge in [0.05, 0.1) is 0 Å². The summed E-state index contributed by atoms with van der Waals surface area (Å²) in [6, 6.07) is 0.798. The Morgan fingerprint density at radius 3 is 2.73 bits per heavy atom. The Morgan fingerprint density at radius 1 is 1.55 bits per heavy atom. The molecule has 0 bridgehead atoms. The lowest BCUT2D eigenvalue weighted by molar-refractivity contribution is 0.554. The Labute approximate surface area is 74.3 Å². The van der Waals surface area contributed by atoms with Crippen molar-refractivity contribution in [1.29, 1.82) is 0 Å². The van der Waals surface area contributed by atoms with Crippen LogP contribution in [0.5, 0.6) is 0 Å². The maximum Gasteiger partial charge on any atom is 0.0183 e. The molecule has 1 aliphatic rings. The quantitative estimate of drug-likeness (QED) is 0.618. The predicted octanol–water partition coefficient (Wildman–Crippen LogP) is 2.13. The fraction of sp³-hybridized carbons (Fsp3) is 1.00. The molecule has 0 heterocycles. The number of rotatable bonds is 6. The standard InChI is InChI=1S/C9H19NS/c1-3-6-11-7-9(10-2)8-4-5-8/h8-10H,3-7H2,1-2H3/t9-/m0/s1. The van der Waals surface area contributed by atoms with Crippen LogP contribution in [0.4, 0.5) is 0 Å². The van der Waals surface area contributed by atoms with Crippen molar-refractivity contribution in [3.8, 4) is 0 Å². The van der Waals surface area contributed by atoms with E-state index in [0.29, 0.717) is 0 Å². The van der Waals surface area contributed by atoms with Crippen LogP contribution in [0.3, 0.4) is 0 Å². The zero-order valence-electron chi connectivity index (χ0n) is 7.60. The number of hydrogen-bond acceptors (Lipinski definition) is 2. The summed E-state index contributed by atoms with van der Waals surface area (Å²) in [5, 5.41) is 3.40. The highest BCUT2D eigenvalue weighted by atomic mass is 32.2. The smallest absolute Gasteiger partial charge is 0.0183 e. The normalized spacial score (nSPS) is 20.2. The van der Waals surface area contributed by atoms with E-state index in [9.17, 15) is 0 Å². The molecule has 0 aromatic rings. The van der Waals surface area contributed by atoms with Gasteiger partial charge in [-0.3, -0.25) is 0 Å². The molecule has 11 heavy (non-hydrogen) atoms. The van der Waals surface area contributed by atoms with E-state index < -0.39 is 0 Å². The minimum absolute atomic E-state index is 0.798. The Hall–Kier alpha value is 0.310. The SMILES string of the molecule is CCCSC[C@H](NC)C1CC1. The molecule has 0 amide bonds. The Bertz CT molecular complexity index is 102. The van der Waals surface area contributed by atoms with Gasteiger partial charge in [-0.15, -0.1) is 0 Å². The fourth-order valence-electron chi connectivity index (χ4n) is 1.31. The molecule has 1 saturated carbocycles. The summed E-state index contributed by atoms with van der Waals surface area (Å²) >= 11 is 2.09. The highest BCUT2D eigenvalue weighted by Crippen LogP contribution is 2.33. The van der Waals surface area contributed by atoms with Crippen LogP contribution in [-0.4, -0.2) is 24.6 Å². The minimum atomic E-state index is 0.798. The molecule has 1 fully saturated rings. The van der Waals surface area contributed by atoms with Crippen molar-refractivity contribution < 1.29 is 0 Å². The molecule has 0 aliphatic heterocycles. The van der Waals surface area contributed by atoms with Crippen molar-refractivity contribution in [2.75, 3.05) is 18.6 Å². The van der Waals surface area contributed by atoms with E-state index in [-0.39, 0.29) is 0 Å². The Balaban J connectivity index is 2.01. The first-order valence-electron chi connectivity index (χ1n) is 4.63. The van der Waals surface area contributed by atoms with Crippen molar-refractivity contribution in [3.05, 3.63) is 0 Å². The number of nitrogens with one attached hydrogen (secondary N) is 1. The molecule has 0 radical (unpaired) electrons. The molecule has 1 aliphatic carbocycles. The molecule has 0 aromatic heterocycles. The average molecular weight is 173 g/mol. The second-order valence-electron chi connectivity index (χ2n) is 3.31. The molecule has 0 spiro atoms. The van der Waals surface area contributed by atoms with E-state index in [1.165, 1.54) is 30.8 Å². The number of hydrogen-bond donors (Lipinski definition) is 1. The first-order chi connectivity index (χ1) is 5.38. The highest BCUT2D eigenvalue weighted by Gasteiger charge is 2.29. The van der Waals surface area contributed by atoms with Gasteiger partial charge in [0.1, 0.15) is 0 Å². The van der Waals surface area contributed by atoms with Crippen LogP contribution in [-0.2, 0) is 0 Å². The van der Waals surface area contributed by atoms with Crippen molar-refractivity contribution in [2.24, 2.45) is 5.92 Å². The minimum Gasteiger partial charge on any atom is -0.316 e. The van der Waals surface area contributed by atoms with E-state index in [0.717, 1.165) is 12.0 Å². The summed E-state index contributed by atoms with van der Waals surface area (Å²) in [5.74, 6) is 3.64. The lowest BCUT2D eigenvalue weighted by Gasteiger charge is -2.13. The van der Waals surface area contributed by atoms with Gasteiger partial charge in [-0.2, -0.15) is 11.8 Å². The van der Waals surface area contributed by atoms with Gasteiger partial charge in [0, 0.05) is 11.8 Å². The van der Waals surface area contributed by atoms with Crippen LogP contribution in [0.15, 0.2) is 0 Å². The van der Waals surface area contributed by atoms with Crippen LogP contribution in [0.2, 0.25) is 0 Å².